The predicted molar refractivity (Wildman–Crippen MR) is 78.1 cm³/mol. The smallest absolute Gasteiger partial charge is 0.406 e. The van der Waals surface area contributed by atoms with E-state index in [1.165, 1.54) is 12.1 Å². The molecule has 3 rings (SSSR count). The molecule has 1 N–H and O–H groups in total. The zero-order valence-corrected chi connectivity index (χ0v) is 12.1. The molecule has 0 atom stereocenters. The highest BCUT2D eigenvalue weighted by Crippen LogP contribution is 2.29. The summed E-state index contributed by atoms with van der Waals surface area (Å²) in [6, 6.07) is 13.5. The van der Waals surface area contributed by atoms with Crippen molar-refractivity contribution in [1.29, 1.82) is 0 Å². The predicted octanol–water partition coefficient (Wildman–Crippen LogP) is 5.50. The summed E-state index contributed by atoms with van der Waals surface area (Å²) in [5.41, 5.74) is 2.58. The lowest BCUT2D eigenvalue weighted by Gasteiger charge is -2.08. The van der Waals surface area contributed by atoms with Gasteiger partial charge in [0.1, 0.15) is 5.75 Å². The molecular weight excluding hydrogens is 347 g/mol. The normalized spacial score (nSPS) is 11.8. The lowest BCUT2D eigenvalue weighted by atomic mass is 10.1. The van der Waals surface area contributed by atoms with Gasteiger partial charge < -0.3 is 9.72 Å². The first-order valence-corrected chi connectivity index (χ1v) is 6.84. The minimum atomic E-state index is -4.67. The number of benzene rings is 2. The van der Waals surface area contributed by atoms with Gasteiger partial charge in [-0.05, 0) is 48.0 Å². The molecule has 0 aliphatic carbocycles. The van der Waals surface area contributed by atoms with E-state index < -0.39 is 6.36 Å². The Kier molecular flexibility index (Phi) is 3.41. The summed E-state index contributed by atoms with van der Waals surface area (Å²) in [5.74, 6) is -0.231. The molecule has 0 amide bonds. The first-order valence-electron chi connectivity index (χ1n) is 6.05. The minimum Gasteiger partial charge on any atom is -0.406 e. The van der Waals surface area contributed by atoms with Gasteiger partial charge in [0.25, 0.3) is 0 Å². The molecule has 3 aromatic rings. The average Bonchev–Trinajstić information content (AvgIpc) is 2.80. The molecule has 2 aromatic carbocycles. The number of alkyl halides is 3. The van der Waals surface area contributed by atoms with Gasteiger partial charge in [0.05, 0.1) is 0 Å². The zero-order valence-electron chi connectivity index (χ0n) is 10.5. The Morgan fingerprint density at radius 2 is 1.67 bits per heavy atom. The summed E-state index contributed by atoms with van der Waals surface area (Å²) in [7, 11) is 0. The molecule has 1 aromatic heterocycles. The van der Waals surface area contributed by atoms with Crippen molar-refractivity contribution < 1.29 is 17.9 Å². The van der Waals surface area contributed by atoms with E-state index in [9.17, 15) is 13.2 Å². The molecule has 0 spiro atoms. The van der Waals surface area contributed by atoms with Gasteiger partial charge in [0.15, 0.2) is 0 Å². The standard InChI is InChI=1S/C15H9BrF3NO/c16-11-4-1-10-7-13(20-14(10)8-11)9-2-5-12(6-3-9)21-15(17,18)19/h1-8,20H. The van der Waals surface area contributed by atoms with E-state index in [2.05, 4.69) is 25.7 Å². The summed E-state index contributed by atoms with van der Waals surface area (Å²) >= 11 is 3.39. The number of aromatic amines is 1. The van der Waals surface area contributed by atoms with Crippen molar-refractivity contribution in [3.8, 4) is 17.0 Å². The van der Waals surface area contributed by atoms with E-state index in [-0.39, 0.29) is 5.75 Å². The van der Waals surface area contributed by atoms with E-state index in [0.717, 1.165) is 26.6 Å². The second kappa shape index (κ2) is 5.11. The van der Waals surface area contributed by atoms with Crippen molar-refractivity contribution >= 4 is 26.8 Å². The molecule has 0 saturated carbocycles. The second-order valence-corrected chi connectivity index (χ2v) is 5.40. The van der Waals surface area contributed by atoms with Crippen LogP contribution in [0.25, 0.3) is 22.2 Å². The highest BCUT2D eigenvalue weighted by molar-refractivity contribution is 9.10. The maximum Gasteiger partial charge on any atom is 0.573 e. The van der Waals surface area contributed by atoms with E-state index >= 15 is 0 Å². The molecule has 21 heavy (non-hydrogen) atoms. The van der Waals surface area contributed by atoms with Crippen LogP contribution in [-0.2, 0) is 0 Å². The SMILES string of the molecule is FC(F)(F)Oc1ccc(-c2cc3ccc(Br)cc3[nH]2)cc1. The van der Waals surface area contributed by atoms with Gasteiger partial charge in [-0.3, -0.25) is 0 Å². The largest absolute Gasteiger partial charge is 0.573 e. The van der Waals surface area contributed by atoms with Crippen LogP contribution >= 0.6 is 15.9 Å². The van der Waals surface area contributed by atoms with Gasteiger partial charge in [-0.2, -0.15) is 0 Å². The third-order valence-electron chi connectivity index (χ3n) is 2.98. The van der Waals surface area contributed by atoms with Crippen molar-refractivity contribution in [1.82, 2.24) is 4.98 Å². The molecule has 0 bridgehead atoms. The Morgan fingerprint density at radius 3 is 2.33 bits per heavy atom. The number of ether oxygens (including phenoxy) is 1. The van der Waals surface area contributed by atoms with Crippen LogP contribution in [0, 0.1) is 0 Å². The van der Waals surface area contributed by atoms with Crippen LogP contribution in [0.5, 0.6) is 5.75 Å². The maximum absolute atomic E-state index is 12.1. The molecule has 2 nitrogen and oxygen atoms in total. The van der Waals surface area contributed by atoms with Crippen molar-refractivity contribution in [2.45, 2.75) is 6.36 Å². The molecule has 0 aliphatic rings. The number of aromatic nitrogens is 1. The topological polar surface area (TPSA) is 25.0 Å². The van der Waals surface area contributed by atoms with Crippen LogP contribution in [0.15, 0.2) is 53.0 Å². The number of halogens is 4. The molecule has 0 aliphatic heterocycles. The quantitative estimate of drug-likeness (QED) is 0.645. The Bertz CT molecular complexity index is 778. The first-order chi connectivity index (χ1) is 9.90. The number of rotatable bonds is 2. The number of nitrogens with one attached hydrogen (secondary N) is 1. The fourth-order valence-corrected chi connectivity index (χ4v) is 2.45. The Morgan fingerprint density at radius 1 is 0.952 bits per heavy atom. The van der Waals surface area contributed by atoms with Crippen LogP contribution in [0.1, 0.15) is 0 Å². The average molecular weight is 356 g/mol. The van der Waals surface area contributed by atoms with E-state index in [0.29, 0.717) is 0 Å². The van der Waals surface area contributed by atoms with E-state index in [4.69, 9.17) is 0 Å². The summed E-state index contributed by atoms with van der Waals surface area (Å²) in [6.45, 7) is 0. The van der Waals surface area contributed by atoms with Gasteiger partial charge in [0.2, 0.25) is 0 Å². The molecule has 0 radical (unpaired) electrons. The van der Waals surface area contributed by atoms with Crippen molar-refractivity contribution in [3.63, 3.8) is 0 Å². The van der Waals surface area contributed by atoms with Crippen LogP contribution in [0.2, 0.25) is 0 Å². The number of hydrogen-bond acceptors (Lipinski definition) is 1. The molecule has 1 heterocycles. The lowest BCUT2D eigenvalue weighted by Crippen LogP contribution is -2.16. The highest BCUT2D eigenvalue weighted by atomic mass is 79.9. The number of fused-ring (bicyclic) bond motifs is 1. The first kappa shape index (κ1) is 14.0. The van der Waals surface area contributed by atoms with Gasteiger partial charge in [-0.1, -0.05) is 22.0 Å². The van der Waals surface area contributed by atoms with E-state index in [1.54, 1.807) is 12.1 Å². The monoisotopic (exact) mass is 355 g/mol. The third-order valence-corrected chi connectivity index (χ3v) is 3.48. The molecule has 108 valence electrons. The summed E-state index contributed by atoms with van der Waals surface area (Å²) < 4.78 is 41.1. The Balaban J connectivity index is 1.91. The van der Waals surface area contributed by atoms with Gasteiger partial charge in [0, 0.05) is 21.1 Å². The summed E-state index contributed by atoms with van der Waals surface area (Å²) in [4.78, 5) is 3.23. The van der Waals surface area contributed by atoms with Gasteiger partial charge >= 0.3 is 6.36 Å². The Labute approximate surface area is 126 Å². The molecule has 0 saturated heterocycles. The minimum absolute atomic E-state index is 0.231. The zero-order chi connectivity index (χ0) is 15.0. The number of hydrogen-bond donors (Lipinski definition) is 1. The Hall–Kier alpha value is -1.95. The lowest BCUT2D eigenvalue weighted by molar-refractivity contribution is -0.274. The van der Waals surface area contributed by atoms with E-state index in [1.807, 2.05) is 24.3 Å². The fourth-order valence-electron chi connectivity index (χ4n) is 2.09. The molecule has 6 heteroatoms. The van der Waals surface area contributed by atoms with Crippen molar-refractivity contribution in [3.05, 3.63) is 53.0 Å². The van der Waals surface area contributed by atoms with Crippen molar-refractivity contribution in [2.24, 2.45) is 0 Å². The molecule has 0 fully saturated rings. The second-order valence-electron chi connectivity index (χ2n) is 4.49. The fraction of sp³-hybridized carbons (Fsp3) is 0.0667. The van der Waals surface area contributed by atoms with Crippen LogP contribution < -0.4 is 4.74 Å². The highest BCUT2D eigenvalue weighted by Gasteiger charge is 2.30. The van der Waals surface area contributed by atoms with Crippen molar-refractivity contribution in [2.75, 3.05) is 0 Å². The van der Waals surface area contributed by atoms with Crippen LogP contribution in [0.3, 0.4) is 0 Å². The summed E-state index contributed by atoms with van der Waals surface area (Å²) in [6.07, 6.45) is -4.67. The molecular formula is C15H9BrF3NO. The van der Waals surface area contributed by atoms with Crippen LogP contribution in [-0.4, -0.2) is 11.3 Å². The van der Waals surface area contributed by atoms with Crippen LogP contribution in [0.4, 0.5) is 13.2 Å². The summed E-state index contributed by atoms with van der Waals surface area (Å²) in [5, 5.41) is 1.03. The van der Waals surface area contributed by atoms with Gasteiger partial charge in [-0.25, -0.2) is 0 Å². The maximum atomic E-state index is 12.1. The number of H-pyrrole nitrogens is 1. The van der Waals surface area contributed by atoms with Gasteiger partial charge in [-0.15, -0.1) is 13.2 Å². The third kappa shape index (κ3) is 3.21. The molecule has 0 unspecified atom stereocenters.